The highest BCUT2D eigenvalue weighted by molar-refractivity contribution is 6.14. The lowest BCUT2D eigenvalue weighted by atomic mass is 9.85. The SMILES string of the molecule is Oc1c(CN[C@H]2CCCC[C@@H]2NCc2cc3ccccc3c(-c3c(-c4ccc(-c5ccccc5)cc4)ccc4ccccc34)c2O)cc2ccccc2c1-c1c(-c2ccc(-c3ccccc3)cc2)ccc2ccccc12. The highest BCUT2D eigenvalue weighted by Crippen LogP contribution is 2.49. The molecule has 4 nitrogen and oxygen atoms in total. The third-order valence-electron chi connectivity index (χ3n) is 16.0. The maximum atomic E-state index is 12.8. The Kier molecular flexibility index (Phi) is 12.7. The first-order chi connectivity index (χ1) is 37.5. The van der Waals surface area contributed by atoms with Crippen LogP contribution in [-0.4, -0.2) is 22.3 Å². The predicted octanol–water partition coefficient (Wildman–Crippen LogP) is 17.9. The van der Waals surface area contributed by atoms with Gasteiger partial charge in [0.25, 0.3) is 0 Å². The average molecular weight is 983 g/mol. The van der Waals surface area contributed by atoms with Gasteiger partial charge >= 0.3 is 0 Å². The Morgan fingerprint density at radius 2 is 0.618 bits per heavy atom. The molecular formula is C72H58N2O2. The lowest BCUT2D eigenvalue weighted by Crippen LogP contribution is -2.49. The Balaban J connectivity index is 0.830. The van der Waals surface area contributed by atoms with Gasteiger partial charge in [-0.3, -0.25) is 0 Å². The summed E-state index contributed by atoms with van der Waals surface area (Å²) in [5, 5.41) is 42.2. The van der Waals surface area contributed by atoms with E-state index in [0.717, 1.165) is 124 Å². The molecule has 1 saturated carbocycles. The molecule has 0 radical (unpaired) electrons. The minimum Gasteiger partial charge on any atom is -0.507 e. The van der Waals surface area contributed by atoms with Crippen LogP contribution in [0.3, 0.4) is 0 Å². The lowest BCUT2D eigenvalue weighted by Gasteiger charge is -2.33. The summed E-state index contributed by atoms with van der Waals surface area (Å²) in [6.45, 7) is 1.000. The topological polar surface area (TPSA) is 64.5 Å². The number of aromatic hydroxyl groups is 2. The Hall–Kier alpha value is -8.80. The van der Waals surface area contributed by atoms with Crippen LogP contribution in [0.1, 0.15) is 36.8 Å². The number of nitrogens with one attached hydrogen (secondary N) is 2. The molecule has 13 rings (SSSR count). The van der Waals surface area contributed by atoms with Crippen molar-refractivity contribution in [2.45, 2.75) is 50.9 Å². The molecule has 1 aliphatic rings. The standard InChI is InChI=1S/C72H58N2O2/c75-71-57(43-55-23-9-13-27-61(55)69(71)67-59-25-11-7-21-51(59)39-41-63(67)53-35-31-49(32-36-53)47-17-3-1-4-18-47)45-73-65-29-15-16-30-66(65)74-46-58-44-56-24-10-14-28-62(56)70(72(58)76)68-60-26-12-8-22-52(60)40-42-64(68)54-37-33-50(34-38-54)48-19-5-2-6-20-48/h1-14,17-28,31-44,65-66,73-76H,15-16,29-30,45-46H2/t65-,66-/m0/s1. The maximum Gasteiger partial charge on any atom is 0.128 e. The Labute approximate surface area is 444 Å². The molecule has 4 heteroatoms. The number of fused-ring (bicyclic) bond motifs is 4. The zero-order chi connectivity index (χ0) is 51.0. The molecule has 76 heavy (non-hydrogen) atoms. The molecular weight excluding hydrogens is 925 g/mol. The van der Waals surface area contributed by atoms with Crippen molar-refractivity contribution in [2.75, 3.05) is 0 Å². The molecule has 0 amide bonds. The first-order valence-electron chi connectivity index (χ1n) is 26.8. The second-order valence-electron chi connectivity index (χ2n) is 20.5. The molecule has 1 fully saturated rings. The molecule has 4 N–H and O–H groups in total. The van der Waals surface area contributed by atoms with Crippen molar-refractivity contribution in [3.05, 3.63) is 254 Å². The van der Waals surface area contributed by atoms with Crippen LogP contribution in [0.25, 0.3) is 110 Å². The highest BCUT2D eigenvalue weighted by Gasteiger charge is 2.28. The van der Waals surface area contributed by atoms with Gasteiger partial charge < -0.3 is 20.8 Å². The third kappa shape index (κ3) is 8.86. The molecule has 0 aliphatic heterocycles. The van der Waals surface area contributed by atoms with Gasteiger partial charge in [-0.1, -0.05) is 243 Å². The van der Waals surface area contributed by atoms with Crippen LogP contribution in [0.15, 0.2) is 243 Å². The molecule has 0 bridgehead atoms. The van der Waals surface area contributed by atoms with Crippen LogP contribution in [0, 0.1) is 0 Å². The van der Waals surface area contributed by atoms with Crippen molar-refractivity contribution in [3.8, 4) is 78.3 Å². The fourth-order valence-corrected chi connectivity index (χ4v) is 12.2. The van der Waals surface area contributed by atoms with Crippen molar-refractivity contribution in [1.29, 1.82) is 0 Å². The summed E-state index contributed by atoms with van der Waals surface area (Å²) in [5.74, 6) is 0.608. The number of hydrogen-bond acceptors (Lipinski definition) is 4. The maximum absolute atomic E-state index is 12.8. The number of phenols is 2. The van der Waals surface area contributed by atoms with E-state index in [9.17, 15) is 10.2 Å². The molecule has 0 heterocycles. The number of rotatable bonds is 12. The molecule has 368 valence electrons. The lowest BCUT2D eigenvalue weighted by molar-refractivity contribution is 0.279. The zero-order valence-electron chi connectivity index (χ0n) is 42.4. The van der Waals surface area contributed by atoms with Crippen molar-refractivity contribution in [2.24, 2.45) is 0 Å². The Morgan fingerprint density at radius 3 is 1.01 bits per heavy atom. The van der Waals surface area contributed by atoms with Gasteiger partial charge in [0.1, 0.15) is 11.5 Å². The van der Waals surface area contributed by atoms with Crippen LogP contribution in [-0.2, 0) is 13.1 Å². The van der Waals surface area contributed by atoms with Crippen LogP contribution in [0.2, 0.25) is 0 Å². The summed E-state index contributed by atoms with van der Waals surface area (Å²) < 4.78 is 0. The summed E-state index contributed by atoms with van der Waals surface area (Å²) in [6, 6.07) is 86.1. The van der Waals surface area contributed by atoms with E-state index >= 15 is 0 Å². The summed E-state index contributed by atoms with van der Waals surface area (Å²) in [5.41, 5.74) is 14.6. The molecule has 0 saturated heterocycles. The second-order valence-corrected chi connectivity index (χ2v) is 20.5. The van der Waals surface area contributed by atoms with E-state index in [0.29, 0.717) is 24.6 Å². The largest absolute Gasteiger partial charge is 0.507 e. The zero-order valence-corrected chi connectivity index (χ0v) is 42.4. The smallest absolute Gasteiger partial charge is 0.128 e. The minimum absolute atomic E-state index is 0.143. The van der Waals surface area contributed by atoms with Gasteiger partial charge in [0, 0.05) is 58.6 Å². The fraction of sp³-hybridized carbons (Fsp3) is 0.111. The molecule has 0 unspecified atom stereocenters. The number of phenolic OH excluding ortho intramolecular Hbond substituents is 2. The van der Waals surface area contributed by atoms with Crippen LogP contribution >= 0.6 is 0 Å². The quantitative estimate of drug-likeness (QED) is 0.0985. The van der Waals surface area contributed by atoms with Gasteiger partial charge in [-0.25, -0.2) is 0 Å². The van der Waals surface area contributed by atoms with Crippen molar-refractivity contribution < 1.29 is 10.2 Å². The first kappa shape index (κ1) is 46.9. The summed E-state index contributed by atoms with van der Waals surface area (Å²) >= 11 is 0. The van der Waals surface area contributed by atoms with Gasteiger partial charge in [-0.05, 0) is 113 Å². The number of hydrogen-bond donors (Lipinski definition) is 4. The Bertz CT molecular complexity index is 3810. The normalized spacial score (nSPS) is 14.7. The predicted molar refractivity (Wildman–Crippen MR) is 319 cm³/mol. The third-order valence-corrected chi connectivity index (χ3v) is 16.0. The first-order valence-corrected chi connectivity index (χ1v) is 26.8. The van der Waals surface area contributed by atoms with Gasteiger partial charge in [0.05, 0.1) is 0 Å². The van der Waals surface area contributed by atoms with Crippen molar-refractivity contribution in [3.63, 3.8) is 0 Å². The van der Waals surface area contributed by atoms with Gasteiger partial charge in [-0.15, -0.1) is 0 Å². The van der Waals surface area contributed by atoms with Crippen molar-refractivity contribution >= 4 is 43.1 Å². The van der Waals surface area contributed by atoms with E-state index in [1.807, 2.05) is 12.1 Å². The summed E-state index contributed by atoms with van der Waals surface area (Å²) in [7, 11) is 0. The van der Waals surface area contributed by atoms with Crippen LogP contribution < -0.4 is 10.6 Å². The van der Waals surface area contributed by atoms with Crippen LogP contribution in [0.5, 0.6) is 11.5 Å². The van der Waals surface area contributed by atoms with Crippen LogP contribution in [0.4, 0.5) is 0 Å². The Morgan fingerprint density at radius 1 is 0.303 bits per heavy atom. The van der Waals surface area contributed by atoms with E-state index in [1.54, 1.807) is 0 Å². The molecule has 12 aromatic rings. The van der Waals surface area contributed by atoms with E-state index in [-0.39, 0.29) is 12.1 Å². The van der Waals surface area contributed by atoms with Crippen molar-refractivity contribution in [1.82, 2.24) is 10.6 Å². The average Bonchev–Trinajstić information content (AvgIpc) is 3.59. The van der Waals surface area contributed by atoms with E-state index in [4.69, 9.17) is 0 Å². The summed E-state index contributed by atoms with van der Waals surface area (Å²) in [4.78, 5) is 0. The van der Waals surface area contributed by atoms with E-state index < -0.39 is 0 Å². The minimum atomic E-state index is 0.143. The highest BCUT2D eigenvalue weighted by atomic mass is 16.3. The van der Waals surface area contributed by atoms with Gasteiger partial charge in [0.15, 0.2) is 0 Å². The number of benzene rings is 12. The fourth-order valence-electron chi connectivity index (χ4n) is 12.2. The van der Waals surface area contributed by atoms with E-state index in [1.165, 1.54) is 22.3 Å². The second kappa shape index (κ2) is 20.5. The van der Waals surface area contributed by atoms with Gasteiger partial charge in [-0.2, -0.15) is 0 Å². The molecule has 0 spiro atoms. The monoisotopic (exact) mass is 982 g/mol. The van der Waals surface area contributed by atoms with E-state index in [2.05, 4.69) is 241 Å². The molecule has 1 aliphatic carbocycles. The summed E-state index contributed by atoms with van der Waals surface area (Å²) in [6.07, 6.45) is 4.24. The van der Waals surface area contributed by atoms with Gasteiger partial charge in [0.2, 0.25) is 0 Å². The molecule has 2 atom stereocenters. The molecule has 12 aromatic carbocycles. The molecule has 0 aromatic heterocycles.